The zero-order chi connectivity index (χ0) is 28.3. The summed E-state index contributed by atoms with van der Waals surface area (Å²) in [6.07, 6.45) is 4.33. The summed E-state index contributed by atoms with van der Waals surface area (Å²) in [5, 5.41) is 33.1. The quantitative estimate of drug-likeness (QED) is 0.286. The van der Waals surface area contributed by atoms with Gasteiger partial charge in [-0.3, -0.25) is 0 Å². The van der Waals surface area contributed by atoms with Crippen molar-refractivity contribution in [2.45, 2.75) is 91.1 Å². The molecule has 9 heteroatoms. The highest BCUT2D eigenvalue weighted by Gasteiger charge is 2.68. The first-order valence-electron chi connectivity index (χ1n) is 14.3. The number of allylic oxidation sites excluding steroid dienone is 1. The first kappa shape index (κ1) is 28.6. The zero-order valence-electron chi connectivity index (χ0n) is 23.5. The van der Waals surface area contributed by atoms with Crippen molar-refractivity contribution < 1.29 is 38.6 Å². The lowest BCUT2D eigenvalue weighted by molar-refractivity contribution is -0.224. The number of aliphatic hydroxyl groups is 2. The van der Waals surface area contributed by atoms with Crippen LogP contribution in [0.3, 0.4) is 0 Å². The van der Waals surface area contributed by atoms with E-state index in [0.717, 1.165) is 19.3 Å². The molecule has 4 aliphatic rings. The van der Waals surface area contributed by atoms with Crippen LogP contribution in [0, 0.1) is 39.8 Å². The van der Waals surface area contributed by atoms with Gasteiger partial charge in [0.15, 0.2) is 18.2 Å². The van der Waals surface area contributed by atoms with Gasteiger partial charge in [0.25, 0.3) is 0 Å². The third-order valence-electron chi connectivity index (χ3n) is 11.2. The highest BCUT2D eigenvalue weighted by Crippen LogP contribution is 2.69. The van der Waals surface area contributed by atoms with E-state index in [0.29, 0.717) is 24.8 Å². The average Bonchev–Trinajstić information content (AvgIpc) is 3.45. The van der Waals surface area contributed by atoms with Gasteiger partial charge in [0.05, 0.1) is 18.8 Å². The fraction of sp³-hybridized carbons (Fsp3) is 0.700. The molecule has 39 heavy (non-hydrogen) atoms. The van der Waals surface area contributed by atoms with E-state index in [1.54, 1.807) is 6.07 Å². The summed E-state index contributed by atoms with van der Waals surface area (Å²) in [7, 11) is -1.37. The van der Waals surface area contributed by atoms with Crippen molar-refractivity contribution >= 4 is 18.6 Å². The molecule has 0 aromatic heterocycles. The number of hydrogen-bond acceptors (Lipinski definition) is 7. The van der Waals surface area contributed by atoms with E-state index in [4.69, 9.17) is 14.1 Å². The fourth-order valence-electron chi connectivity index (χ4n) is 8.88. The van der Waals surface area contributed by atoms with Crippen LogP contribution in [-0.4, -0.2) is 53.2 Å². The molecule has 3 fully saturated rings. The van der Waals surface area contributed by atoms with E-state index in [-0.39, 0.29) is 41.0 Å². The van der Waals surface area contributed by atoms with Gasteiger partial charge in [-0.15, -0.1) is 6.58 Å². The minimum atomic E-state index is -1.37. The number of carbonyl (C=O) groups excluding carboxylic acids is 1. The van der Waals surface area contributed by atoms with Crippen molar-refractivity contribution in [1.29, 1.82) is 0 Å². The van der Waals surface area contributed by atoms with Gasteiger partial charge in [-0.1, -0.05) is 39.8 Å². The maximum absolute atomic E-state index is 15.0. The monoisotopic (exact) mass is 544 g/mol. The number of halogens is 1. The molecule has 9 atom stereocenters. The molecule has 0 spiro atoms. The van der Waals surface area contributed by atoms with Crippen molar-refractivity contribution in [3.8, 4) is 5.75 Å². The van der Waals surface area contributed by atoms with Crippen LogP contribution in [0.2, 0.25) is 0 Å². The van der Waals surface area contributed by atoms with Gasteiger partial charge in [-0.25, -0.2) is 9.18 Å². The van der Waals surface area contributed by atoms with Crippen molar-refractivity contribution in [1.82, 2.24) is 0 Å². The van der Waals surface area contributed by atoms with E-state index in [1.807, 2.05) is 13.0 Å². The summed E-state index contributed by atoms with van der Waals surface area (Å²) in [6.45, 7) is 12.0. The third-order valence-corrected chi connectivity index (χ3v) is 11.2. The van der Waals surface area contributed by atoms with E-state index in [1.165, 1.54) is 6.07 Å². The van der Waals surface area contributed by atoms with Crippen LogP contribution in [0.15, 0.2) is 24.8 Å². The molecule has 0 saturated heterocycles. The third kappa shape index (κ3) is 4.35. The number of aliphatic hydroxyl groups excluding tert-OH is 2. The number of esters is 1. The average molecular weight is 544 g/mol. The molecule has 1 aromatic rings. The molecule has 5 rings (SSSR count). The summed E-state index contributed by atoms with van der Waals surface area (Å²) in [5.41, 5.74) is -0.795. The standard InChI is InChI=1S/C30H42BFO7/c1-6-11-28(4)14-22(39-23(34)16-37-21-8-7-19-15-38-31(36)24(19)25(21)32)29(5)17(2)9-12-30(18(3)27(28)35)13-10-20(33)26(29)30/h6-8,17-18,20,22,26-27,33,35-36H,1,9-16H2,2-5H3/t17-,18+,20?,22-,26+,27+,28-,29+,30+/m1/s1. The predicted octanol–water partition coefficient (Wildman–Crippen LogP) is 3.51. The summed E-state index contributed by atoms with van der Waals surface area (Å²) in [4.78, 5) is 13.3. The van der Waals surface area contributed by atoms with Crippen LogP contribution in [0.25, 0.3) is 0 Å². The number of benzene rings is 1. The first-order chi connectivity index (χ1) is 18.4. The normalized spacial score (nSPS) is 41.3. The summed E-state index contributed by atoms with van der Waals surface area (Å²) in [5.74, 6) is -1.53. The van der Waals surface area contributed by atoms with Gasteiger partial charge in [-0.05, 0) is 73.3 Å². The van der Waals surface area contributed by atoms with Crippen LogP contribution >= 0.6 is 0 Å². The van der Waals surface area contributed by atoms with Crippen molar-refractivity contribution in [2.75, 3.05) is 6.61 Å². The Labute approximate surface area is 230 Å². The lowest BCUT2D eigenvalue weighted by Crippen LogP contribution is -2.63. The molecule has 7 nitrogen and oxygen atoms in total. The topological polar surface area (TPSA) is 105 Å². The molecule has 2 bridgehead atoms. The number of rotatable bonds is 6. The molecule has 3 aliphatic carbocycles. The second-order valence-corrected chi connectivity index (χ2v) is 13.1. The molecule has 0 radical (unpaired) electrons. The molecule has 3 saturated carbocycles. The minimum absolute atomic E-state index is 0.0271. The van der Waals surface area contributed by atoms with Crippen molar-refractivity contribution in [3.63, 3.8) is 0 Å². The Hall–Kier alpha value is -1.94. The van der Waals surface area contributed by atoms with E-state index >= 15 is 0 Å². The molecule has 214 valence electrons. The Bertz CT molecular complexity index is 1130. The molecular weight excluding hydrogens is 502 g/mol. The summed E-state index contributed by atoms with van der Waals surface area (Å²) < 4.78 is 31.8. The summed E-state index contributed by atoms with van der Waals surface area (Å²) in [6, 6.07) is 3.03. The van der Waals surface area contributed by atoms with Crippen LogP contribution in [0.5, 0.6) is 5.75 Å². The van der Waals surface area contributed by atoms with Crippen LogP contribution < -0.4 is 10.2 Å². The van der Waals surface area contributed by atoms with Gasteiger partial charge in [0.1, 0.15) is 6.10 Å². The second kappa shape index (κ2) is 10.2. The Kier molecular flexibility index (Phi) is 7.45. The molecular formula is C30H42BFO7. The Morgan fingerprint density at radius 1 is 1.26 bits per heavy atom. The molecule has 3 N–H and O–H groups in total. The van der Waals surface area contributed by atoms with Crippen LogP contribution in [-0.2, 0) is 20.8 Å². The predicted molar refractivity (Wildman–Crippen MR) is 145 cm³/mol. The van der Waals surface area contributed by atoms with Gasteiger partial charge >= 0.3 is 13.1 Å². The first-order valence-corrected chi connectivity index (χ1v) is 14.3. The number of hydrogen-bond donors (Lipinski definition) is 3. The van der Waals surface area contributed by atoms with E-state index in [2.05, 4.69) is 27.4 Å². The second-order valence-electron chi connectivity index (χ2n) is 13.1. The largest absolute Gasteiger partial charge is 0.494 e. The number of ether oxygens (including phenoxy) is 2. The van der Waals surface area contributed by atoms with Gasteiger partial charge in [0.2, 0.25) is 0 Å². The molecule has 1 heterocycles. The maximum Gasteiger partial charge on any atom is 0.494 e. The lowest BCUT2D eigenvalue weighted by atomic mass is 9.43. The van der Waals surface area contributed by atoms with E-state index < -0.39 is 54.7 Å². The minimum Gasteiger partial charge on any atom is -0.479 e. The van der Waals surface area contributed by atoms with Crippen molar-refractivity contribution in [3.05, 3.63) is 36.2 Å². The molecule has 1 aliphatic heterocycles. The van der Waals surface area contributed by atoms with Crippen molar-refractivity contribution in [2.24, 2.45) is 34.0 Å². The Morgan fingerprint density at radius 3 is 2.69 bits per heavy atom. The van der Waals surface area contributed by atoms with E-state index in [9.17, 15) is 24.4 Å². The molecule has 0 amide bonds. The Morgan fingerprint density at radius 2 is 1.97 bits per heavy atom. The van der Waals surface area contributed by atoms with Gasteiger partial charge < -0.3 is 29.4 Å². The smallest absolute Gasteiger partial charge is 0.479 e. The summed E-state index contributed by atoms with van der Waals surface area (Å²) >= 11 is 0. The lowest BCUT2D eigenvalue weighted by Gasteiger charge is -2.63. The zero-order valence-corrected chi connectivity index (χ0v) is 23.5. The van der Waals surface area contributed by atoms with Crippen LogP contribution in [0.4, 0.5) is 4.39 Å². The van der Waals surface area contributed by atoms with Crippen LogP contribution in [0.1, 0.15) is 71.8 Å². The van der Waals surface area contributed by atoms with Gasteiger partial charge in [0, 0.05) is 16.3 Å². The highest BCUT2D eigenvalue weighted by molar-refractivity contribution is 6.61. The Balaban J connectivity index is 1.45. The fourth-order valence-corrected chi connectivity index (χ4v) is 8.88. The SMILES string of the molecule is C=CC[C@]1(C)C[C@@H](OC(=O)COc2ccc3c(c2F)B(O)OC3)[C@]2(C)[C@H](C)CC[C@]3(CCC(O)[C@H]32)[C@@H](C)[C@@H]1O. The maximum atomic E-state index is 15.0. The highest BCUT2D eigenvalue weighted by atomic mass is 19.1. The number of fused-ring (bicyclic) bond motifs is 1. The molecule has 1 unspecified atom stereocenters. The van der Waals surface area contributed by atoms with Gasteiger partial charge in [-0.2, -0.15) is 0 Å². The molecule has 1 aromatic carbocycles. The number of carbonyl (C=O) groups is 1.